The number of nitrogens with zero attached hydrogens (tertiary/aromatic N) is 1. The van der Waals surface area contributed by atoms with E-state index in [1.54, 1.807) is 0 Å². The summed E-state index contributed by atoms with van der Waals surface area (Å²) in [6.45, 7) is 6.39. The molecule has 2 rings (SSSR count). The first-order valence-corrected chi connectivity index (χ1v) is 7.59. The Morgan fingerprint density at radius 1 is 1.17 bits per heavy atom. The number of carbonyl (C=O) groups is 1. The molecule has 1 aliphatic carbocycles. The minimum Gasteiger partial charge on any atom is -0.342 e. The maximum absolute atomic E-state index is 12.4. The number of amides is 1. The van der Waals surface area contributed by atoms with Gasteiger partial charge < -0.3 is 10.6 Å². The van der Waals surface area contributed by atoms with Crippen molar-refractivity contribution in [2.24, 2.45) is 11.1 Å². The Morgan fingerprint density at radius 2 is 1.78 bits per heavy atom. The second-order valence-electron chi connectivity index (χ2n) is 6.52. The molecule has 0 aromatic carbocycles. The molecule has 104 valence electrons. The minimum absolute atomic E-state index is 0.194. The molecule has 1 saturated carbocycles. The van der Waals surface area contributed by atoms with Crippen molar-refractivity contribution < 1.29 is 4.79 Å². The van der Waals surface area contributed by atoms with Crippen molar-refractivity contribution in [1.82, 2.24) is 4.90 Å². The van der Waals surface area contributed by atoms with E-state index < -0.39 is 0 Å². The lowest BCUT2D eigenvalue weighted by atomic mass is 9.82. The van der Waals surface area contributed by atoms with Gasteiger partial charge in [0.15, 0.2) is 0 Å². The highest BCUT2D eigenvalue weighted by molar-refractivity contribution is 5.78. The fourth-order valence-electron chi connectivity index (χ4n) is 3.64. The number of hydrogen-bond donors (Lipinski definition) is 1. The normalized spacial score (nSPS) is 25.6. The Kier molecular flexibility index (Phi) is 4.00. The first-order chi connectivity index (χ1) is 8.52. The predicted octanol–water partition coefficient (Wildman–Crippen LogP) is 2.69. The highest BCUT2D eigenvalue weighted by Crippen LogP contribution is 2.38. The molecule has 1 aliphatic heterocycles. The van der Waals surface area contributed by atoms with E-state index in [1.807, 2.05) is 0 Å². The molecular formula is C15H28N2O. The average molecular weight is 252 g/mol. The largest absolute Gasteiger partial charge is 0.342 e. The molecule has 3 heteroatoms. The van der Waals surface area contributed by atoms with Gasteiger partial charge in [0.25, 0.3) is 0 Å². The molecule has 0 bridgehead atoms. The molecule has 0 atom stereocenters. The summed E-state index contributed by atoms with van der Waals surface area (Å²) in [5.74, 6) is 0.295. The van der Waals surface area contributed by atoms with E-state index in [0.717, 1.165) is 25.9 Å². The van der Waals surface area contributed by atoms with Crippen LogP contribution in [0.15, 0.2) is 0 Å². The summed E-state index contributed by atoms with van der Waals surface area (Å²) in [7, 11) is 0. The number of likely N-dealkylation sites (tertiary alicyclic amines) is 1. The Morgan fingerprint density at radius 3 is 2.28 bits per heavy atom. The van der Waals surface area contributed by atoms with E-state index in [4.69, 9.17) is 5.73 Å². The third kappa shape index (κ3) is 2.71. The zero-order valence-electron chi connectivity index (χ0n) is 12.0. The van der Waals surface area contributed by atoms with Gasteiger partial charge in [-0.15, -0.1) is 0 Å². The lowest BCUT2D eigenvalue weighted by Crippen LogP contribution is -2.43. The van der Waals surface area contributed by atoms with Crippen molar-refractivity contribution in [2.75, 3.05) is 13.1 Å². The van der Waals surface area contributed by atoms with Crippen LogP contribution in [0, 0.1) is 5.41 Å². The smallest absolute Gasteiger partial charge is 0.224 e. The fourth-order valence-corrected chi connectivity index (χ4v) is 3.64. The van der Waals surface area contributed by atoms with Gasteiger partial charge in [0.1, 0.15) is 0 Å². The van der Waals surface area contributed by atoms with Gasteiger partial charge in [-0.3, -0.25) is 4.79 Å². The summed E-state index contributed by atoms with van der Waals surface area (Å²) in [4.78, 5) is 14.4. The average Bonchev–Trinajstić information content (AvgIpc) is 2.96. The second-order valence-corrected chi connectivity index (χ2v) is 6.52. The van der Waals surface area contributed by atoms with Crippen LogP contribution >= 0.6 is 0 Å². The third-order valence-corrected chi connectivity index (χ3v) is 5.39. The van der Waals surface area contributed by atoms with Gasteiger partial charge in [-0.05, 0) is 37.5 Å². The van der Waals surface area contributed by atoms with Gasteiger partial charge in [0.2, 0.25) is 5.91 Å². The number of nitrogens with two attached hydrogens (primary N) is 1. The third-order valence-electron chi connectivity index (χ3n) is 5.39. The van der Waals surface area contributed by atoms with Crippen molar-refractivity contribution in [3.05, 3.63) is 0 Å². The monoisotopic (exact) mass is 252 g/mol. The van der Waals surface area contributed by atoms with E-state index in [1.165, 1.54) is 32.1 Å². The van der Waals surface area contributed by atoms with E-state index in [0.29, 0.717) is 17.7 Å². The number of hydrogen-bond acceptors (Lipinski definition) is 2. The Bertz CT molecular complexity index is 304. The summed E-state index contributed by atoms with van der Waals surface area (Å²) in [5.41, 5.74) is 6.50. The second kappa shape index (κ2) is 5.20. The predicted molar refractivity (Wildman–Crippen MR) is 74.2 cm³/mol. The fraction of sp³-hybridized carbons (Fsp3) is 0.933. The molecule has 0 aromatic heterocycles. The summed E-state index contributed by atoms with van der Waals surface area (Å²) < 4.78 is 0. The van der Waals surface area contributed by atoms with Crippen LogP contribution < -0.4 is 5.73 Å². The topological polar surface area (TPSA) is 46.3 Å². The quantitative estimate of drug-likeness (QED) is 0.836. The molecule has 1 saturated heterocycles. The molecule has 1 heterocycles. The highest BCUT2D eigenvalue weighted by Gasteiger charge is 2.39. The Labute approximate surface area is 111 Å². The van der Waals surface area contributed by atoms with Gasteiger partial charge in [-0.25, -0.2) is 0 Å². The maximum atomic E-state index is 12.4. The van der Waals surface area contributed by atoms with Gasteiger partial charge >= 0.3 is 0 Å². The van der Waals surface area contributed by atoms with Crippen LogP contribution in [0.4, 0.5) is 0 Å². The van der Waals surface area contributed by atoms with Crippen molar-refractivity contribution in [3.63, 3.8) is 0 Å². The molecule has 18 heavy (non-hydrogen) atoms. The molecule has 2 N–H and O–H groups in total. The van der Waals surface area contributed by atoms with Gasteiger partial charge in [0, 0.05) is 25.0 Å². The van der Waals surface area contributed by atoms with E-state index in [-0.39, 0.29) is 5.54 Å². The number of carbonyl (C=O) groups excluding carboxylic acids is 1. The molecule has 0 aromatic rings. The first-order valence-electron chi connectivity index (χ1n) is 7.59. The van der Waals surface area contributed by atoms with Crippen LogP contribution in [0.3, 0.4) is 0 Å². The van der Waals surface area contributed by atoms with Crippen molar-refractivity contribution >= 4 is 5.91 Å². The lowest BCUT2D eigenvalue weighted by molar-refractivity contribution is -0.131. The van der Waals surface area contributed by atoms with Gasteiger partial charge in [-0.2, -0.15) is 0 Å². The highest BCUT2D eigenvalue weighted by atomic mass is 16.2. The van der Waals surface area contributed by atoms with Crippen LogP contribution in [0.1, 0.15) is 65.2 Å². The first kappa shape index (κ1) is 13.9. The molecule has 2 aliphatic rings. The van der Waals surface area contributed by atoms with Crippen LogP contribution in [0.25, 0.3) is 0 Å². The summed E-state index contributed by atoms with van der Waals surface area (Å²) in [5, 5.41) is 0. The van der Waals surface area contributed by atoms with Crippen LogP contribution in [0.5, 0.6) is 0 Å². The van der Waals surface area contributed by atoms with Gasteiger partial charge in [-0.1, -0.05) is 26.7 Å². The molecule has 2 fully saturated rings. The molecular weight excluding hydrogens is 224 g/mol. The maximum Gasteiger partial charge on any atom is 0.224 e. The Hall–Kier alpha value is -0.570. The number of rotatable bonds is 4. The SMILES string of the molecule is CCC1(CC)CCN(C(=O)CC2(N)CCCC2)C1. The molecule has 0 unspecified atom stereocenters. The summed E-state index contributed by atoms with van der Waals surface area (Å²) in [6.07, 6.45) is 8.54. The zero-order valence-corrected chi connectivity index (χ0v) is 12.0. The Balaban J connectivity index is 1.91. The van der Waals surface area contributed by atoms with E-state index >= 15 is 0 Å². The molecule has 0 spiro atoms. The van der Waals surface area contributed by atoms with Crippen LogP contribution in [-0.4, -0.2) is 29.4 Å². The summed E-state index contributed by atoms with van der Waals surface area (Å²) >= 11 is 0. The molecule has 3 nitrogen and oxygen atoms in total. The standard InChI is InChI=1S/C15H28N2O/c1-3-14(4-2)9-10-17(12-14)13(18)11-15(16)7-5-6-8-15/h3-12,16H2,1-2H3. The molecule has 0 radical (unpaired) electrons. The minimum atomic E-state index is -0.194. The van der Waals surface area contributed by atoms with E-state index in [2.05, 4.69) is 18.7 Å². The van der Waals surface area contributed by atoms with Crippen LogP contribution in [0.2, 0.25) is 0 Å². The molecule has 1 amide bonds. The van der Waals surface area contributed by atoms with Crippen molar-refractivity contribution in [2.45, 2.75) is 70.8 Å². The van der Waals surface area contributed by atoms with E-state index in [9.17, 15) is 4.79 Å². The van der Waals surface area contributed by atoms with Crippen molar-refractivity contribution in [3.8, 4) is 0 Å². The summed E-state index contributed by atoms with van der Waals surface area (Å²) in [6, 6.07) is 0. The van der Waals surface area contributed by atoms with Crippen molar-refractivity contribution in [1.29, 1.82) is 0 Å². The van der Waals surface area contributed by atoms with Crippen LogP contribution in [-0.2, 0) is 4.79 Å². The lowest BCUT2D eigenvalue weighted by Gasteiger charge is -2.29. The van der Waals surface area contributed by atoms with Gasteiger partial charge in [0.05, 0.1) is 0 Å². The zero-order chi connectivity index (χ0) is 13.2.